The number of carbonyl (C=O) groups is 1. The van der Waals surface area contributed by atoms with Gasteiger partial charge in [-0.05, 0) is 29.3 Å². The molecule has 0 spiro atoms. The summed E-state index contributed by atoms with van der Waals surface area (Å²) in [4.78, 5) is 12.0. The van der Waals surface area contributed by atoms with E-state index in [0.717, 1.165) is 11.1 Å². The summed E-state index contributed by atoms with van der Waals surface area (Å²) in [6.45, 7) is 11.2. The maximum atomic E-state index is 12.0. The fourth-order valence-corrected chi connectivity index (χ4v) is 5.18. The molecule has 0 unspecified atom stereocenters. The summed E-state index contributed by atoms with van der Waals surface area (Å²) in [7, 11) is -0.962. The molecule has 0 bridgehead atoms. The Labute approximate surface area is 204 Å². The van der Waals surface area contributed by atoms with Crippen LogP contribution >= 0.6 is 0 Å². The minimum Gasteiger partial charge on any atom is -0.469 e. The average Bonchev–Trinajstić information content (AvgIpc) is 3.15. The number of aliphatic hydroxyl groups is 1. The van der Waals surface area contributed by atoms with Crippen molar-refractivity contribution in [1.29, 1.82) is 0 Å². The van der Waals surface area contributed by atoms with Gasteiger partial charge < -0.3 is 23.7 Å². The molecule has 1 saturated heterocycles. The highest BCUT2D eigenvalue weighted by molar-refractivity contribution is 6.74. The Kier molecular flexibility index (Phi) is 8.70. The summed E-state index contributed by atoms with van der Waals surface area (Å²) in [5.74, 6) is -0.493. The van der Waals surface area contributed by atoms with Crippen LogP contribution in [0.3, 0.4) is 0 Å². The lowest BCUT2D eigenvalue weighted by Gasteiger charge is -2.41. The number of benzene rings is 2. The number of esters is 1. The van der Waals surface area contributed by atoms with E-state index in [1.54, 1.807) is 0 Å². The number of ether oxygens (including phenoxy) is 3. The van der Waals surface area contributed by atoms with Gasteiger partial charge in [0, 0.05) is 0 Å². The van der Waals surface area contributed by atoms with Crippen molar-refractivity contribution < 1.29 is 28.5 Å². The highest BCUT2D eigenvalue weighted by atomic mass is 28.4. The lowest BCUT2D eigenvalue weighted by Crippen LogP contribution is -2.51. The molecule has 3 rings (SSSR count). The minimum absolute atomic E-state index is 0.0559. The third kappa shape index (κ3) is 6.34. The van der Waals surface area contributed by atoms with Crippen molar-refractivity contribution in [1.82, 2.24) is 0 Å². The molecule has 6 nitrogen and oxygen atoms in total. The zero-order chi connectivity index (χ0) is 24.9. The van der Waals surface area contributed by atoms with Gasteiger partial charge in [-0.25, -0.2) is 0 Å². The first-order valence-corrected chi connectivity index (χ1v) is 14.7. The van der Waals surface area contributed by atoms with Gasteiger partial charge in [-0.15, -0.1) is 0 Å². The summed E-state index contributed by atoms with van der Waals surface area (Å²) in [6, 6.07) is 19.8. The molecule has 186 valence electrons. The molecule has 2 aromatic rings. The number of aliphatic hydroxyl groups excluding tert-OH is 1. The number of methoxy groups -OCH3 is 1. The second-order valence-corrected chi connectivity index (χ2v) is 15.1. The van der Waals surface area contributed by atoms with Crippen molar-refractivity contribution >= 4 is 14.3 Å². The lowest BCUT2D eigenvalue weighted by atomic mass is 9.98. The van der Waals surface area contributed by atoms with Crippen LogP contribution in [0.25, 0.3) is 0 Å². The molecule has 1 aliphatic rings. The zero-order valence-electron chi connectivity index (χ0n) is 21.1. The zero-order valence-corrected chi connectivity index (χ0v) is 22.1. The van der Waals surface area contributed by atoms with Gasteiger partial charge in [-0.2, -0.15) is 0 Å². The van der Waals surface area contributed by atoms with Crippen molar-refractivity contribution in [3.63, 3.8) is 0 Å². The SMILES string of the molecule is COC(=O)C[C@@H](O)[C@@H]1O[C@H](c2ccccc2)[C@@H](OCc2ccccc2)[C@@H]1O[Si](C)(C)C(C)(C)C. The summed E-state index contributed by atoms with van der Waals surface area (Å²) < 4.78 is 24.6. The third-order valence-electron chi connectivity index (χ3n) is 6.88. The Morgan fingerprint density at radius 3 is 2.18 bits per heavy atom. The van der Waals surface area contributed by atoms with Gasteiger partial charge in [0.2, 0.25) is 0 Å². The van der Waals surface area contributed by atoms with Gasteiger partial charge in [0.05, 0.1) is 26.2 Å². The van der Waals surface area contributed by atoms with Crippen molar-refractivity contribution in [2.24, 2.45) is 0 Å². The summed E-state index contributed by atoms with van der Waals surface area (Å²) in [5.41, 5.74) is 1.98. The van der Waals surface area contributed by atoms with Crippen LogP contribution in [-0.2, 0) is 30.0 Å². The molecule has 34 heavy (non-hydrogen) atoms. The Bertz CT molecular complexity index is 912. The van der Waals surface area contributed by atoms with Crippen LogP contribution in [0.4, 0.5) is 0 Å². The van der Waals surface area contributed by atoms with Crippen LogP contribution in [0.1, 0.15) is 44.4 Å². The van der Waals surface area contributed by atoms with E-state index in [-0.39, 0.29) is 11.5 Å². The Morgan fingerprint density at radius 2 is 1.62 bits per heavy atom. The van der Waals surface area contributed by atoms with Gasteiger partial charge in [-0.1, -0.05) is 81.4 Å². The first kappa shape index (κ1) is 26.6. The van der Waals surface area contributed by atoms with Gasteiger partial charge in [0.25, 0.3) is 0 Å². The molecule has 0 aromatic heterocycles. The summed E-state index contributed by atoms with van der Waals surface area (Å²) in [6.07, 6.45) is -3.45. The van der Waals surface area contributed by atoms with Crippen molar-refractivity contribution in [2.45, 2.75) is 82.5 Å². The van der Waals surface area contributed by atoms with Crippen LogP contribution in [0, 0.1) is 0 Å². The van der Waals surface area contributed by atoms with E-state index in [1.807, 2.05) is 60.7 Å². The predicted molar refractivity (Wildman–Crippen MR) is 134 cm³/mol. The molecule has 1 aliphatic heterocycles. The van der Waals surface area contributed by atoms with Crippen molar-refractivity contribution in [3.8, 4) is 0 Å². The largest absolute Gasteiger partial charge is 0.469 e. The molecule has 7 heteroatoms. The topological polar surface area (TPSA) is 74.2 Å². The predicted octanol–water partition coefficient (Wildman–Crippen LogP) is 5.03. The second-order valence-electron chi connectivity index (χ2n) is 10.4. The molecule has 1 N–H and O–H groups in total. The normalized spacial score (nSPS) is 24.1. The second kappa shape index (κ2) is 11.1. The monoisotopic (exact) mass is 486 g/mol. The fraction of sp³-hybridized carbons (Fsp3) is 0.519. The molecule has 2 aromatic carbocycles. The van der Waals surface area contributed by atoms with E-state index in [0.29, 0.717) is 6.61 Å². The Hall–Kier alpha value is -2.03. The number of hydrogen-bond donors (Lipinski definition) is 1. The highest BCUT2D eigenvalue weighted by Crippen LogP contribution is 2.44. The van der Waals surface area contributed by atoms with Gasteiger partial charge in [0.15, 0.2) is 8.32 Å². The lowest BCUT2D eigenvalue weighted by molar-refractivity contribution is -0.146. The van der Waals surface area contributed by atoms with Crippen LogP contribution < -0.4 is 0 Å². The van der Waals surface area contributed by atoms with E-state index >= 15 is 0 Å². The van der Waals surface area contributed by atoms with Crippen LogP contribution in [0.15, 0.2) is 60.7 Å². The third-order valence-corrected chi connectivity index (χ3v) is 11.4. The summed E-state index contributed by atoms with van der Waals surface area (Å²) >= 11 is 0. The number of carbonyl (C=O) groups excluding carboxylic acids is 1. The number of rotatable bonds is 9. The minimum atomic E-state index is -2.27. The van der Waals surface area contributed by atoms with E-state index in [1.165, 1.54) is 7.11 Å². The molecular formula is C27H38O6Si. The standard InChI is InChI=1S/C27H38O6Si/c1-27(2,3)34(5,6)33-26-24(21(28)17-22(29)30-4)32-23(20-15-11-8-12-16-20)25(26)31-18-19-13-9-7-10-14-19/h7-16,21,23-26,28H,17-18H2,1-6H3/t21-,23-,24+,25-,26-/m1/s1. The molecular weight excluding hydrogens is 448 g/mol. The van der Waals surface area contributed by atoms with E-state index in [9.17, 15) is 9.90 Å². The molecule has 5 atom stereocenters. The molecule has 0 saturated carbocycles. The van der Waals surface area contributed by atoms with Crippen molar-refractivity contribution in [2.75, 3.05) is 7.11 Å². The van der Waals surface area contributed by atoms with Crippen molar-refractivity contribution in [3.05, 3.63) is 71.8 Å². The van der Waals surface area contributed by atoms with Crippen LogP contribution in [-0.4, -0.2) is 50.9 Å². The quantitative estimate of drug-likeness (QED) is 0.396. The molecule has 0 amide bonds. The van der Waals surface area contributed by atoms with Gasteiger partial charge in [-0.3, -0.25) is 4.79 Å². The fourth-order valence-electron chi connectivity index (χ4n) is 3.87. The van der Waals surface area contributed by atoms with E-state index < -0.39 is 44.8 Å². The van der Waals surface area contributed by atoms with Crippen LogP contribution in [0.5, 0.6) is 0 Å². The van der Waals surface area contributed by atoms with E-state index in [4.69, 9.17) is 18.6 Å². The Morgan fingerprint density at radius 1 is 1.03 bits per heavy atom. The number of hydrogen-bond acceptors (Lipinski definition) is 6. The van der Waals surface area contributed by atoms with Gasteiger partial charge >= 0.3 is 5.97 Å². The maximum absolute atomic E-state index is 12.0. The smallest absolute Gasteiger partial charge is 0.308 e. The Balaban J connectivity index is 1.97. The molecule has 1 heterocycles. The first-order valence-electron chi connectivity index (χ1n) is 11.8. The van der Waals surface area contributed by atoms with Gasteiger partial charge in [0.1, 0.15) is 24.4 Å². The van der Waals surface area contributed by atoms with Crippen LogP contribution in [0.2, 0.25) is 18.1 Å². The molecule has 1 fully saturated rings. The first-order chi connectivity index (χ1) is 16.0. The van der Waals surface area contributed by atoms with E-state index in [2.05, 4.69) is 33.9 Å². The average molecular weight is 487 g/mol. The maximum Gasteiger partial charge on any atom is 0.308 e. The molecule has 0 aliphatic carbocycles. The summed E-state index contributed by atoms with van der Waals surface area (Å²) in [5, 5.41) is 11.0. The molecule has 0 radical (unpaired) electrons. The highest BCUT2D eigenvalue weighted by Gasteiger charge is 2.53.